The third kappa shape index (κ3) is 4.39. The van der Waals surface area contributed by atoms with Crippen molar-refractivity contribution < 1.29 is 31.9 Å². The summed E-state index contributed by atoms with van der Waals surface area (Å²) in [4.78, 5) is 26.5. The van der Waals surface area contributed by atoms with E-state index in [0.717, 1.165) is 0 Å². The van der Waals surface area contributed by atoms with Crippen LogP contribution in [-0.2, 0) is 21.8 Å². The fourth-order valence-corrected chi connectivity index (χ4v) is 6.66. The van der Waals surface area contributed by atoms with Crippen LogP contribution in [0.4, 0.5) is 14.9 Å². The summed E-state index contributed by atoms with van der Waals surface area (Å²) in [6.07, 6.45) is -0.525. The molecular weight excluding hydrogens is 535 g/mol. The van der Waals surface area contributed by atoms with Gasteiger partial charge in [0.2, 0.25) is 10.0 Å². The maximum Gasteiger partial charge on any atom is 0.409 e. The fourth-order valence-electron chi connectivity index (χ4n) is 4.13. The number of hydrogen-bond acceptors (Lipinski definition) is 6. The summed E-state index contributed by atoms with van der Waals surface area (Å²) in [6.45, 7) is 3.92. The van der Waals surface area contributed by atoms with Crippen molar-refractivity contribution in [1.82, 2.24) is 14.2 Å². The average Bonchev–Trinajstić information content (AvgIpc) is 3.26. The highest BCUT2D eigenvalue weighted by Crippen LogP contribution is 2.40. The second kappa shape index (κ2) is 9.19. The molecule has 1 aromatic carbocycles. The molecule has 184 valence electrons. The molecule has 0 bridgehead atoms. The molecule has 3 heterocycles. The molecule has 10 nitrogen and oxygen atoms in total. The standard InChI is InChI=1S/C21H24BrFN4O6S/c1-4-32-21(29)27-8-12-10-33-17-16(20(28)24-13-5-6-14(23)11(2)7-13)26(3)19(22)18(17)34(30,31)25-15(12)9-27/h5-7,12,15,25H,4,8-10H2,1-3H3,(H,24,28)/t12-,15-/m0/s1. The highest BCUT2D eigenvalue weighted by Gasteiger charge is 2.44. The number of nitrogens with one attached hydrogen (secondary N) is 2. The number of sulfonamides is 1. The van der Waals surface area contributed by atoms with E-state index in [1.165, 1.54) is 34.7 Å². The molecule has 0 aliphatic carbocycles. The largest absolute Gasteiger partial charge is 0.489 e. The van der Waals surface area contributed by atoms with Gasteiger partial charge in [0.15, 0.2) is 16.3 Å². The second-order valence-electron chi connectivity index (χ2n) is 8.18. The SMILES string of the molecule is CCOC(=O)N1C[C@H]2COc3c(c(Br)n(C)c3C(=O)Nc3ccc(F)c(C)c3)S(=O)(=O)N[C@H]2C1. The molecule has 2 aliphatic rings. The van der Waals surface area contributed by atoms with E-state index in [1.807, 2.05) is 0 Å². The molecule has 34 heavy (non-hydrogen) atoms. The van der Waals surface area contributed by atoms with Gasteiger partial charge in [-0.05, 0) is 53.5 Å². The van der Waals surface area contributed by atoms with Gasteiger partial charge in [0.25, 0.3) is 5.91 Å². The number of likely N-dealkylation sites (tertiary alicyclic amines) is 1. The van der Waals surface area contributed by atoms with Gasteiger partial charge in [-0.2, -0.15) is 0 Å². The predicted molar refractivity (Wildman–Crippen MR) is 124 cm³/mol. The lowest BCUT2D eigenvalue weighted by Gasteiger charge is -2.23. The Kier molecular flexibility index (Phi) is 6.62. The Morgan fingerprint density at radius 3 is 2.76 bits per heavy atom. The normalized spacial score (nSPS) is 21.0. The second-order valence-corrected chi connectivity index (χ2v) is 10.6. The summed E-state index contributed by atoms with van der Waals surface area (Å²) in [7, 11) is -2.59. The number of rotatable bonds is 3. The number of aromatic nitrogens is 1. The molecule has 1 aromatic heterocycles. The molecule has 2 amide bonds. The fraction of sp³-hybridized carbons (Fsp3) is 0.429. The minimum atomic E-state index is -4.12. The van der Waals surface area contributed by atoms with Gasteiger partial charge in [0.05, 0.1) is 13.2 Å². The number of nitrogens with zero attached hydrogens (tertiary/aromatic N) is 2. The van der Waals surface area contributed by atoms with Crippen molar-refractivity contribution >= 4 is 43.6 Å². The Bertz CT molecular complexity index is 1260. The van der Waals surface area contributed by atoms with E-state index >= 15 is 0 Å². The van der Waals surface area contributed by atoms with Gasteiger partial charge in [-0.25, -0.2) is 22.3 Å². The maximum absolute atomic E-state index is 13.6. The number of benzene rings is 1. The van der Waals surface area contributed by atoms with Crippen LogP contribution >= 0.6 is 15.9 Å². The molecule has 2 atom stereocenters. The Morgan fingerprint density at radius 1 is 1.35 bits per heavy atom. The van der Waals surface area contributed by atoms with Crippen molar-refractivity contribution in [1.29, 1.82) is 0 Å². The molecule has 1 fully saturated rings. The van der Waals surface area contributed by atoms with Gasteiger partial charge in [-0.3, -0.25) is 4.79 Å². The first-order chi connectivity index (χ1) is 16.0. The summed E-state index contributed by atoms with van der Waals surface area (Å²) in [5, 5.41) is 2.66. The number of anilines is 1. The number of carbonyl (C=O) groups is 2. The molecule has 2 aliphatic heterocycles. The summed E-state index contributed by atoms with van der Waals surface area (Å²) >= 11 is 3.28. The van der Waals surface area contributed by atoms with Crippen LogP contribution in [0.25, 0.3) is 0 Å². The summed E-state index contributed by atoms with van der Waals surface area (Å²) < 4.78 is 55.3. The number of fused-ring (bicyclic) bond motifs is 2. The maximum atomic E-state index is 13.6. The molecule has 4 rings (SSSR count). The number of carbonyl (C=O) groups excluding carboxylic acids is 2. The lowest BCUT2D eigenvalue weighted by Crippen LogP contribution is -2.44. The van der Waals surface area contributed by atoms with Crippen molar-refractivity contribution in [2.24, 2.45) is 13.0 Å². The van der Waals surface area contributed by atoms with Crippen molar-refractivity contribution in [3.05, 3.63) is 39.9 Å². The monoisotopic (exact) mass is 558 g/mol. The summed E-state index contributed by atoms with van der Waals surface area (Å²) in [6, 6.07) is 3.54. The van der Waals surface area contributed by atoms with Crippen molar-refractivity contribution in [3.63, 3.8) is 0 Å². The smallest absolute Gasteiger partial charge is 0.409 e. The van der Waals surface area contributed by atoms with Crippen LogP contribution < -0.4 is 14.8 Å². The zero-order valence-corrected chi connectivity index (χ0v) is 21.1. The predicted octanol–water partition coefficient (Wildman–Crippen LogP) is 2.62. The van der Waals surface area contributed by atoms with Gasteiger partial charge < -0.3 is 24.3 Å². The van der Waals surface area contributed by atoms with Crippen LogP contribution in [0.5, 0.6) is 5.75 Å². The van der Waals surface area contributed by atoms with Gasteiger partial charge in [-0.1, -0.05) is 0 Å². The average molecular weight is 559 g/mol. The van der Waals surface area contributed by atoms with Crippen LogP contribution in [0.3, 0.4) is 0 Å². The summed E-state index contributed by atoms with van der Waals surface area (Å²) in [5.74, 6) is -1.48. The van der Waals surface area contributed by atoms with E-state index in [9.17, 15) is 22.4 Å². The van der Waals surface area contributed by atoms with Crippen LogP contribution in [0, 0.1) is 18.7 Å². The van der Waals surface area contributed by atoms with E-state index in [2.05, 4.69) is 26.0 Å². The van der Waals surface area contributed by atoms with Crippen molar-refractivity contribution in [2.45, 2.75) is 24.8 Å². The Hall–Kier alpha value is -2.64. The first-order valence-electron chi connectivity index (χ1n) is 10.6. The quantitative estimate of drug-likeness (QED) is 0.597. The highest BCUT2D eigenvalue weighted by molar-refractivity contribution is 9.10. The molecule has 0 saturated carbocycles. The zero-order valence-electron chi connectivity index (χ0n) is 18.7. The number of halogens is 2. The third-order valence-corrected chi connectivity index (χ3v) is 8.57. The first kappa shape index (κ1) is 24.5. The third-order valence-electron chi connectivity index (χ3n) is 5.85. The Morgan fingerprint density at radius 2 is 2.09 bits per heavy atom. The van der Waals surface area contributed by atoms with E-state index in [0.29, 0.717) is 11.3 Å². The van der Waals surface area contributed by atoms with Crippen molar-refractivity contribution in [3.8, 4) is 5.75 Å². The van der Waals surface area contributed by atoms with Gasteiger partial charge >= 0.3 is 6.09 Å². The van der Waals surface area contributed by atoms with Crippen LogP contribution in [0.1, 0.15) is 23.0 Å². The zero-order chi connectivity index (χ0) is 24.8. The Balaban J connectivity index is 1.67. The van der Waals surface area contributed by atoms with E-state index < -0.39 is 33.9 Å². The number of aryl methyl sites for hydroxylation is 1. The first-order valence-corrected chi connectivity index (χ1v) is 12.8. The summed E-state index contributed by atoms with van der Waals surface area (Å²) in [5.41, 5.74) is 0.679. The minimum Gasteiger partial charge on any atom is -0.489 e. The van der Waals surface area contributed by atoms with E-state index in [1.54, 1.807) is 13.8 Å². The molecule has 0 spiro atoms. The number of hydrogen-bond donors (Lipinski definition) is 2. The molecule has 2 N–H and O–H groups in total. The highest BCUT2D eigenvalue weighted by atomic mass is 79.9. The lowest BCUT2D eigenvalue weighted by atomic mass is 10.1. The van der Waals surface area contributed by atoms with Crippen LogP contribution in [-0.4, -0.2) is 62.2 Å². The Labute approximate surface area is 204 Å². The van der Waals surface area contributed by atoms with Gasteiger partial charge in [0.1, 0.15) is 10.4 Å². The molecular formula is C21H24BrFN4O6S. The molecule has 1 saturated heterocycles. The van der Waals surface area contributed by atoms with E-state index in [-0.39, 0.29) is 53.2 Å². The lowest BCUT2D eigenvalue weighted by molar-refractivity contribution is 0.101. The van der Waals surface area contributed by atoms with Gasteiger partial charge in [-0.15, -0.1) is 0 Å². The number of amides is 2. The van der Waals surface area contributed by atoms with Crippen LogP contribution in [0.2, 0.25) is 0 Å². The van der Waals surface area contributed by atoms with Gasteiger partial charge in [0, 0.05) is 37.8 Å². The topological polar surface area (TPSA) is 119 Å². The molecule has 2 aromatic rings. The van der Waals surface area contributed by atoms with E-state index in [4.69, 9.17) is 9.47 Å². The molecule has 0 radical (unpaired) electrons. The van der Waals surface area contributed by atoms with Crippen LogP contribution in [0.15, 0.2) is 27.7 Å². The number of ether oxygens (including phenoxy) is 2. The molecule has 13 heteroatoms. The molecule has 0 unspecified atom stereocenters. The minimum absolute atomic E-state index is 0.0204. The van der Waals surface area contributed by atoms with Crippen molar-refractivity contribution in [2.75, 3.05) is 31.6 Å².